The number of anilines is 2. The third kappa shape index (κ3) is 4.85. The number of amides is 2. The van der Waals surface area contributed by atoms with Crippen LogP contribution in [0.3, 0.4) is 0 Å². The molecule has 3 aliphatic rings. The van der Waals surface area contributed by atoms with Crippen molar-refractivity contribution in [3.05, 3.63) is 53.1 Å². The maximum absolute atomic E-state index is 12.8. The number of guanidine groups is 1. The Bertz CT molecular complexity index is 1160. The highest BCUT2D eigenvalue weighted by Crippen LogP contribution is 2.36. The van der Waals surface area contributed by atoms with Gasteiger partial charge in [0.2, 0.25) is 0 Å². The number of nitrogens with zero attached hydrogens (tertiary/aromatic N) is 1. The number of benzene rings is 2. The van der Waals surface area contributed by atoms with E-state index in [1.54, 1.807) is 6.07 Å². The molecule has 2 amide bonds. The molecule has 1 saturated heterocycles. The summed E-state index contributed by atoms with van der Waals surface area (Å²) in [5.41, 5.74) is 3.54. The molecule has 1 unspecified atom stereocenters. The van der Waals surface area contributed by atoms with E-state index in [0.29, 0.717) is 35.4 Å². The highest BCUT2D eigenvalue weighted by molar-refractivity contribution is 6.40. The minimum absolute atomic E-state index is 0.0940. The Morgan fingerprint density at radius 2 is 2.03 bits per heavy atom. The molecule has 2 aromatic carbocycles. The molecule has 0 bridgehead atoms. The monoisotopic (exact) mass is 474 g/mol. The van der Waals surface area contributed by atoms with Gasteiger partial charge in [-0.05, 0) is 68.1 Å². The van der Waals surface area contributed by atoms with E-state index in [-0.39, 0.29) is 23.5 Å². The van der Waals surface area contributed by atoms with Crippen molar-refractivity contribution in [2.45, 2.75) is 44.2 Å². The van der Waals surface area contributed by atoms with Crippen LogP contribution in [0.1, 0.15) is 65.0 Å². The molecule has 4 N–H and O–H groups in total. The molecular formula is C25H28N5O3Si. The fourth-order valence-corrected chi connectivity index (χ4v) is 4.56. The number of aliphatic imine (C=N–C) groups is 1. The van der Waals surface area contributed by atoms with Crippen LogP contribution in [0.15, 0.2) is 41.4 Å². The van der Waals surface area contributed by atoms with Crippen LogP contribution in [0.25, 0.3) is 0 Å². The fourth-order valence-electron chi connectivity index (χ4n) is 4.21. The summed E-state index contributed by atoms with van der Waals surface area (Å²) in [6, 6.07) is 11.1. The van der Waals surface area contributed by atoms with Gasteiger partial charge in [0.15, 0.2) is 5.96 Å². The maximum atomic E-state index is 12.8. The molecule has 175 valence electrons. The first-order chi connectivity index (χ1) is 16.4. The number of carbonyl (C=O) groups excluding carboxylic acids is 2. The van der Waals surface area contributed by atoms with Crippen LogP contribution >= 0.6 is 0 Å². The summed E-state index contributed by atoms with van der Waals surface area (Å²) < 4.78 is 5.96. The summed E-state index contributed by atoms with van der Waals surface area (Å²) in [5, 5.41) is 13.1. The summed E-state index contributed by atoms with van der Waals surface area (Å²) in [5.74, 6) is 0.195. The van der Waals surface area contributed by atoms with Gasteiger partial charge in [-0.25, -0.2) is 0 Å². The van der Waals surface area contributed by atoms with E-state index in [1.165, 1.54) is 0 Å². The van der Waals surface area contributed by atoms with Crippen molar-refractivity contribution in [2.24, 2.45) is 4.99 Å². The van der Waals surface area contributed by atoms with Gasteiger partial charge in [0, 0.05) is 46.8 Å². The highest BCUT2D eigenvalue weighted by atomic mass is 28.1. The van der Waals surface area contributed by atoms with E-state index in [2.05, 4.69) is 43.4 Å². The molecule has 2 fully saturated rings. The predicted octanol–water partition coefficient (Wildman–Crippen LogP) is 2.05. The van der Waals surface area contributed by atoms with Crippen molar-refractivity contribution in [1.82, 2.24) is 16.0 Å². The molecule has 2 aromatic rings. The van der Waals surface area contributed by atoms with Crippen LogP contribution in [0.5, 0.6) is 0 Å². The van der Waals surface area contributed by atoms with E-state index < -0.39 is 0 Å². The second kappa shape index (κ2) is 9.23. The largest absolute Gasteiger partial charge is 0.373 e. The first kappa shape index (κ1) is 22.6. The third-order valence-electron chi connectivity index (χ3n) is 6.49. The number of carbonyl (C=O) groups is 2. The topological polar surface area (TPSA) is 104 Å². The molecule has 9 heteroatoms. The second-order valence-corrected chi connectivity index (χ2v) is 9.78. The zero-order valence-electron chi connectivity index (χ0n) is 19.2. The van der Waals surface area contributed by atoms with Crippen LogP contribution in [-0.2, 0) is 4.74 Å². The van der Waals surface area contributed by atoms with Crippen molar-refractivity contribution in [3.63, 3.8) is 0 Å². The normalized spacial score (nSPS) is 20.3. The van der Waals surface area contributed by atoms with Gasteiger partial charge in [0.05, 0.1) is 22.9 Å². The minimum Gasteiger partial charge on any atom is -0.373 e. The standard InChI is InChI=1S/C25H28N5O3Si/c1-25(9-10-25)30-23(32)16-4-2-5-19(21(16)34)28-18-8-7-15(14-17(18)20-6-3-13-33-20)22(31)29-24-26-11-12-27-24/h2,4-5,7-8,14,20,28H,3,6,9-13H2,1H3,(H,30,32)(H2,26,27,29,31). The summed E-state index contributed by atoms with van der Waals surface area (Å²) in [7, 11) is 3.68. The minimum atomic E-state index is -0.216. The molecular weight excluding hydrogens is 446 g/mol. The summed E-state index contributed by atoms with van der Waals surface area (Å²) in [4.78, 5) is 29.8. The molecule has 1 saturated carbocycles. The van der Waals surface area contributed by atoms with Crippen molar-refractivity contribution >= 4 is 44.6 Å². The molecule has 2 aliphatic heterocycles. The Morgan fingerprint density at radius 3 is 2.74 bits per heavy atom. The van der Waals surface area contributed by atoms with Crippen molar-refractivity contribution in [3.8, 4) is 0 Å². The Balaban J connectivity index is 1.41. The summed E-state index contributed by atoms with van der Waals surface area (Å²) in [6.45, 7) is 4.13. The smallest absolute Gasteiger partial charge is 0.257 e. The van der Waals surface area contributed by atoms with Crippen LogP contribution in [0.4, 0.5) is 11.4 Å². The van der Waals surface area contributed by atoms with Crippen molar-refractivity contribution in [1.29, 1.82) is 0 Å². The highest BCUT2D eigenvalue weighted by Gasteiger charge is 2.39. The second-order valence-electron chi connectivity index (χ2n) is 9.28. The first-order valence-electron chi connectivity index (χ1n) is 11.7. The molecule has 34 heavy (non-hydrogen) atoms. The molecule has 2 heterocycles. The Labute approximate surface area is 202 Å². The molecule has 0 spiro atoms. The number of rotatable bonds is 6. The van der Waals surface area contributed by atoms with Gasteiger partial charge in [0.1, 0.15) is 0 Å². The van der Waals surface area contributed by atoms with Crippen LogP contribution in [-0.4, -0.2) is 53.3 Å². The molecule has 1 aliphatic carbocycles. The first-order valence-corrected chi connectivity index (χ1v) is 12.2. The Morgan fingerprint density at radius 1 is 1.18 bits per heavy atom. The van der Waals surface area contributed by atoms with E-state index in [9.17, 15) is 9.59 Å². The SMILES string of the molecule is CC1(NC(=O)c2cccc(Nc3ccc(C(=O)NC4=NCCN4)cc3C3CCCO3)c2[Si])CC1. The molecule has 1 atom stereocenters. The van der Waals surface area contributed by atoms with Crippen LogP contribution in [0, 0.1) is 0 Å². The lowest BCUT2D eigenvalue weighted by Gasteiger charge is -2.20. The van der Waals surface area contributed by atoms with Gasteiger partial charge in [-0.3, -0.25) is 19.9 Å². The summed E-state index contributed by atoms with van der Waals surface area (Å²) >= 11 is 0. The Kier molecular flexibility index (Phi) is 6.14. The quantitative estimate of drug-likeness (QED) is 0.480. The molecule has 8 nitrogen and oxygen atoms in total. The fraction of sp³-hybridized carbons (Fsp3) is 0.400. The van der Waals surface area contributed by atoms with Gasteiger partial charge in [-0.2, -0.15) is 0 Å². The predicted molar refractivity (Wildman–Crippen MR) is 132 cm³/mol. The van der Waals surface area contributed by atoms with E-state index >= 15 is 0 Å². The number of hydrogen-bond donors (Lipinski definition) is 4. The zero-order valence-corrected chi connectivity index (χ0v) is 20.2. The van der Waals surface area contributed by atoms with Crippen LogP contribution < -0.4 is 26.5 Å². The number of hydrogen-bond acceptors (Lipinski definition) is 6. The zero-order chi connectivity index (χ0) is 23.7. The lowest BCUT2D eigenvalue weighted by Crippen LogP contribution is -2.38. The van der Waals surface area contributed by atoms with Crippen molar-refractivity contribution < 1.29 is 14.3 Å². The maximum Gasteiger partial charge on any atom is 0.257 e. The average Bonchev–Trinajstić information content (AvgIpc) is 3.23. The lowest BCUT2D eigenvalue weighted by molar-refractivity contribution is 0.0934. The lowest BCUT2D eigenvalue weighted by atomic mass is 10.0. The number of ether oxygens (including phenoxy) is 1. The average molecular weight is 475 g/mol. The number of nitrogens with one attached hydrogen (secondary N) is 4. The van der Waals surface area contributed by atoms with Gasteiger partial charge >= 0.3 is 0 Å². The van der Waals surface area contributed by atoms with Gasteiger partial charge in [-0.1, -0.05) is 6.07 Å². The Hall–Kier alpha value is -3.17. The van der Waals surface area contributed by atoms with E-state index in [0.717, 1.165) is 49.2 Å². The van der Waals surface area contributed by atoms with E-state index in [1.807, 2.05) is 30.3 Å². The third-order valence-corrected chi connectivity index (χ3v) is 7.03. The van der Waals surface area contributed by atoms with E-state index in [4.69, 9.17) is 4.74 Å². The molecule has 5 rings (SSSR count). The molecule has 0 aromatic heterocycles. The summed E-state index contributed by atoms with van der Waals surface area (Å²) in [6.07, 6.45) is 3.76. The van der Waals surface area contributed by atoms with Crippen LogP contribution in [0.2, 0.25) is 0 Å². The van der Waals surface area contributed by atoms with Gasteiger partial charge in [0.25, 0.3) is 11.8 Å². The van der Waals surface area contributed by atoms with Crippen molar-refractivity contribution in [2.75, 3.05) is 25.0 Å². The molecule has 3 radical (unpaired) electrons. The van der Waals surface area contributed by atoms with Gasteiger partial charge < -0.3 is 20.7 Å². The van der Waals surface area contributed by atoms with Gasteiger partial charge in [-0.15, -0.1) is 0 Å².